The predicted octanol–water partition coefficient (Wildman–Crippen LogP) is 5.83. The molecule has 0 amide bonds. The van der Waals surface area contributed by atoms with E-state index in [1.165, 1.54) is 0 Å². The first-order chi connectivity index (χ1) is 14.5. The molecule has 0 bridgehead atoms. The number of ether oxygens (including phenoxy) is 2. The average molecular weight is 404 g/mol. The molecular formula is C25H24O5. The first-order valence-corrected chi connectivity index (χ1v) is 9.97. The zero-order chi connectivity index (χ0) is 21.1. The van der Waals surface area contributed by atoms with Crippen LogP contribution in [0.3, 0.4) is 0 Å². The molecule has 0 saturated carbocycles. The van der Waals surface area contributed by atoms with Crippen LogP contribution in [0.1, 0.15) is 23.1 Å². The highest BCUT2D eigenvalue weighted by Crippen LogP contribution is 2.32. The maximum Gasteiger partial charge on any atom is 0.235 e. The van der Waals surface area contributed by atoms with E-state index in [1.807, 2.05) is 57.2 Å². The highest BCUT2D eigenvalue weighted by Gasteiger charge is 2.20. The van der Waals surface area contributed by atoms with Crippen molar-refractivity contribution in [3.8, 4) is 23.0 Å². The van der Waals surface area contributed by atoms with Gasteiger partial charge in [0.1, 0.15) is 11.3 Å². The smallest absolute Gasteiger partial charge is 0.235 e. The second kappa shape index (κ2) is 8.49. The summed E-state index contributed by atoms with van der Waals surface area (Å²) in [4.78, 5) is 13.2. The number of hydrogen-bond donors (Lipinski definition) is 0. The van der Waals surface area contributed by atoms with Gasteiger partial charge in [-0.2, -0.15) is 0 Å². The first-order valence-electron chi connectivity index (χ1n) is 9.97. The zero-order valence-electron chi connectivity index (χ0n) is 17.4. The second-order valence-corrected chi connectivity index (χ2v) is 7.37. The summed E-state index contributed by atoms with van der Waals surface area (Å²) in [5, 5.41) is 0.499. The Labute approximate surface area is 174 Å². The van der Waals surface area contributed by atoms with Gasteiger partial charge in [0.05, 0.1) is 24.9 Å². The maximum absolute atomic E-state index is 13.2. The molecule has 0 atom stereocenters. The minimum atomic E-state index is -0.203. The number of aryl methyl sites for hydroxylation is 3. The van der Waals surface area contributed by atoms with E-state index < -0.39 is 0 Å². The zero-order valence-corrected chi connectivity index (χ0v) is 17.4. The number of furan rings is 1. The Bertz CT molecular complexity index is 1220. The van der Waals surface area contributed by atoms with Crippen LogP contribution in [-0.2, 0) is 0 Å². The van der Waals surface area contributed by atoms with E-state index in [9.17, 15) is 4.79 Å². The van der Waals surface area contributed by atoms with Crippen LogP contribution in [0.4, 0.5) is 0 Å². The minimum absolute atomic E-state index is 0.163. The van der Waals surface area contributed by atoms with Crippen LogP contribution in [0.25, 0.3) is 22.5 Å². The van der Waals surface area contributed by atoms with Crippen LogP contribution in [0.15, 0.2) is 68.4 Å². The number of fused-ring (bicyclic) bond motifs is 1. The quantitative estimate of drug-likeness (QED) is 0.363. The van der Waals surface area contributed by atoms with Crippen LogP contribution in [0.2, 0.25) is 0 Å². The Morgan fingerprint density at radius 3 is 2.47 bits per heavy atom. The van der Waals surface area contributed by atoms with Gasteiger partial charge in [-0.1, -0.05) is 12.1 Å². The van der Waals surface area contributed by atoms with Gasteiger partial charge in [-0.05, 0) is 73.9 Å². The third-order valence-corrected chi connectivity index (χ3v) is 5.00. The topological polar surface area (TPSA) is 61.8 Å². The Kier molecular flexibility index (Phi) is 5.61. The summed E-state index contributed by atoms with van der Waals surface area (Å²) in [6, 6.07) is 15.1. The molecule has 0 saturated heterocycles. The fraction of sp³-hybridized carbons (Fsp3) is 0.240. The van der Waals surface area contributed by atoms with Crippen molar-refractivity contribution < 1.29 is 18.3 Å². The van der Waals surface area contributed by atoms with Crippen molar-refractivity contribution in [1.82, 2.24) is 0 Å². The lowest BCUT2D eigenvalue weighted by Crippen LogP contribution is -2.13. The highest BCUT2D eigenvalue weighted by molar-refractivity contribution is 5.82. The van der Waals surface area contributed by atoms with Crippen molar-refractivity contribution in [2.45, 2.75) is 27.2 Å². The molecule has 5 nitrogen and oxygen atoms in total. The fourth-order valence-electron chi connectivity index (χ4n) is 3.26. The van der Waals surface area contributed by atoms with Crippen LogP contribution in [0, 0.1) is 20.8 Å². The molecule has 0 aliphatic heterocycles. The molecule has 2 aromatic carbocycles. The Hall–Kier alpha value is -3.47. The Morgan fingerprint density at radius 1 is 0.900 bits per heavy atom. The van der Waals surface area contributed by atoms with E-state index in [0.717, 1.165) is 22.4 Å². The monoisotopic (exact) mass is 404 g/mol. The lowest BCUT2D eigenvalue weighted by atomic mass is 10.1. The number of hydrogen-bond acceptors (Lipinski definition) is 5. The molecule has 0 aliphatic rings. The summed E-state index contributed by atoms with van der Waals surface area (Å²) < 4.78 is 23.2. The molecule has 0 radical (unpaired) electrons. The summed E-state index contributed by atoms with van der Waals surface area (Å²) in [5.74, 6) is 1.75. The molecule has 0 fully saturated rings. The van der Waals surface area contributed by atoms with Gasteiger partial charge in [0.15, 0.2) is 5.76 Å². The summed E-state index contributed by atoms with van der Waals surface area (Å²) in [6.45, 7) is 6.78. The van der Waals surface area contributed by atoms with Crippen LogP contribution < -0.4 is 14.9 Å². The van der Waals surface area contributed by atoms with Crippen molar-refractivity contribution >= 4 is 11.0 Å². The summed E-state index contributed by atoms with van der Waals surface area (Å²) >= 11 is 0. The van der Waals surface area contributed by atoms with Gasteiger partial charge in [-0.15, -0.1) is 0 Å². The standard InChI is InChI=1S/C25H24O5/c1-16-7-4-8-19(13-16)27-11-6-12-29-25-23(26)20-14-17(2)18(3)15-22(20)30-24(25)21-9-5-10-28-21/h4-5,7-10,13-15H,6,11-12H2,1-3H3. The highest BCUT2D eigenvalue weighted by atomic mass is 16.5. The predicted molar refractivity (Wildman–Crippen MR) is 116 cm³/mol. The van der Waals surface area contributed by atoms with Crippen molar-refractivity contribution in [2.24, 2.45) is 0 Å². The van der Waals surface area contributed by atoms with Crippen molar-refractivity contribution in [3.05, 3.63) is 81.7 Å². The van der Waals surface area contributed by atoms with E-state index in [4.69, 9.17) is 18.3 Å². The third kappa shape index (κ3) is 4.10. The van der Waals surface area contributed by atoms with Gasteiger partial charge in [0.25, 0.3) is 0 Å². The molecular weight excluding hydrogens is 380 g/mol. The van der Waals surface area contributed by atoms with Crippen LogP contribution >= 0.6 is 0 Å². The molecule has 2 aromatic heterocycles. The van der Waals surface area contributed by atoms with Crippen molar-refractivity contribution in [2.75, 3.05) is 13.2 Å². The van der Waals surface area contributed by atoms with Gasteiger partial charge in [-0.3, -0.25) is 4.79 Å². The van der Waals surface area contributed by atoms with Gasteiger partial charge in [0, 0.05) is 6.42 Å². The van der Waals surface area contributed by atoms with E-state index in [1.54, 1.807) is 18.4 Å². The lowest BCUT2D eigenvalue weighted by Gasteiger charge is -2.12. The minimum Gasteiger partial charge on any atom is -0.493 e. The van der Waals surface area contributed by atoms with E-state index in [-0.39, 0.29) is 11.2 Å². The molecule has 30 heavy (non-hydrogen) atoms. The number of benzene rings is 2. The third-order valence-electron chi connectivity index (χ3n) is 5.00. The summed E-state index contributed by atoms with van der Waals surface area (Å²) in [5.41, 5.74) is 3.54. The van der Waals surface area contributed by atoms with Gasteiger partial charge >= 0.3 is 0 Å². The normalized spacial score (nSPS) is 11.0. The molecule has 0 aliphatic carbocycles. The Morgan fingerprint density at radius 2 is 1.70 bits per heavy atom. The first kappa shape index (κ1) is 19.8. The number of rotatable bonds is 7. The molecule has 154 valence electrons. The molecule has 0 spiro atoms. The lowest BCUT2D eigenvalue weighted by molar-refractivity contribution is 0.244. The largest absolute Gasteiger partial charge is 0.493 e. The maximum atomic E-state index is 13.2. The summed E-state index contributed by atoms with van der Waals surface area (Å²) in [6.07, 6.45) is 2.16. The fourth-order valence-corrected chi connectivity index (χ4v) is 3.26. The second-order valence-electron chi connectivity index (χ2n) is 7.37. The molecule has 0 unspecified atom stereocenters. The van der Waals surface area contributed by atoms with Crippen molar-refractivity contribution in [3.63, 3.8) is 0 Å². The molecule has 2 heterocycles. The average Bonchev–Trinajstić information content (AvgIpc) is 3.25. The summed E-state index contributed by atoms with van der Waals surface area (Å²) in [7, 11) is 0. The van der Waals surface area contributed by atoms with E-state index >= 15 is 0 Å². The van der Waals surface area contributed by atoms with Crippen LogP contribution in [-0.4, -0.2) is 13.2 Å². The molecule has 5 heteroatoms. The Balaban J connectivity index is 1.56. The molecule has 0 N–H and O–H groups in total. The van der Waals surface area contributed by atoms with Gasteiger partial charge in [0.2, 0.25) is 16.9 Å². The van der Waals surface area contributed by atoms with E-state index in [0.29, 0.717) is 42.1 Å². The van der Waals surface area contributed by atoms with Gasteiger partial charge in [-0.25, -0.2) is 0 Å². The SMILES string of the molecule is Cc1cccc(OCCCOc2c(-c3ccco3)oc3cc(C)c(C)cc3c2=O)c1. The molecule has 4 rings (SSSR count). The van der Waals surface area contributed by atoms with Crippen LogP contribution in [0.5, 0.6) is 11.5 Å². The molecule has 4 aromatic rings. The van der Waals surface area contributed by atoms with E-state index in [2.05, 4.69) is 0 Å². The van der Waals surface area contributed by atoms with Crippen molar-refractivity contribution in [1.29, 1.82) is 0 Å². The van der Waals surface area contributed by atoms with Gasteiger partial charge < -0.3 is 18.3 Å².